The SMILES string of the molecule is CCC1(O)c2ccccc2-c2c1cc(O)c1cc(OC)c(OC)cc21. The van der Waals surface area contributed by atoms with Crippen molar-refractivity contribution >= 4 is 10.8 Å². The summed E-state index contributed by atoms with van der Waals surface area (Å²) >= 11 is 0. The smallest absolute Gasteiger partial charge is 0.161 e. The molecule has 0 bridgehead atoms. The van der Waals surface area contributed by atoms with Gasteiger partial charge in [0.1, 0.15) is 11.4 Å². The molecule has 25 heavy (non-hydrogen) atoms. The van der Waals surface area contributed by atoms with E-state index in [4.69, 9.17) is 9.47 Å². The van der Waals surface area contributed by atoms with Crippen molar-refractivity contribution in [1.29, 1.82) is 0 Å². The van der Waals surface area contributed by atoms with Crippen molar-refractivity contribution in [1.82, 2.24) is 0 Å². The first-order valence-corrected chi connectivity index (χ1v) is 8.29. The fourth-order valence-corrected chi connectivity index (χ4v) is 3.93. The van der Waals surface area contributed by atoms with Crippen LogP contribution in [0, 0.1) is 0 Å². The van der Waals surface area contributed by atoms with Crippen LogP contribution >= 0.6 is 0 Å². The van der Waals surface area contributed by atoms with Gasteiger partial charge in [0, 0.05) is 10.9 Å². The summed E-state index contributed by atoms with van der Waals surface area (Å²) in [5, 5.41) is 23.5. The van der Waals surface area contributed by atoms with Gasteiger partial charge in [-0.25, -0.2) is 0 Å². The molecule has 0 heterocycles. The van der Waals surface area contributed by atoms with Crippen molar-refractivity contribution in [3.05, 3.63) is 53.6 Å². The number of fused-ring (bicyclic) bond motifs is 5. The number of hydrogen-bond donors (Lipinski definition) is 2. The quantitative estimate of drug-likeness (QED) is 0.753. The maximum absolute atomic E-state index is 11.3. The van der Waals surface area contributed by atoms with Crippen LogP contribution in [0.15, 0.2) is 42.5 Å². The molecule has 1 aliphatic rings. The third kappa shape index (κ3) is 1.98. The van der Waals surface area contributed by atoms with Crippen LogP contribution in [0.4, 0.5) is 0 Å². The molecule has 0 fully saturated rings. The molecule has 0 saturated carbocycles. The highest BCUT2D eigenvalue weighted by Crippen LogP contribution is 2.54. The predicted molar refractivity (Wildman–Crippen MR) is 97.4 cm³/mol. The number of rotatable bonds is 3. The lowest BCUT2D eigenvalue weighted by Crippen LogP contribution is -2.23. The summed E-state index contributed by atoms with van der Waals surface area (Å²) in [7, 11) is 3.16. The van der Waals surface area contributed by atoms with E-state index >= 15 is 0 Å². The summed E-state index contributed by atoms with van der Waals surface area (Å²) in [4.78, 5) is 0. The molecule has 3 aromatic carbocycles. The third-order valence-corrected chi connectivity index (χ3v) is 5.22. The van der Waals surface area contributed by atoms with E-state index in [0.717, 1.165) is 27.6 Å². The third-order valence-electron chi connectivity index (χ3n) is 5.22. The van der Waals surface area contributed by atoms with Gasteiger partial charge in [-0.2, -0.15) is 0 Å². The van der Waals surface area contributed by atoms with Crippen molar-refractivity contribution in [2.45, 2.75) is 18.9 Å². The normalized spacial score (nSPS) is 18.1. The standard InChI is InChI=1S/C21H20O4/c1-4-21(23)15-8-6-5-7-12(15)20-14-10-19(25-3)18(24-2)9-13(14)17(22)11-16(20)21/h5-11,22-23H,4H2,1-3H3. The van der Waals surface area contributed by atoms with Gasteiger partial charge in [-0.1, -0.05) is 31.2 Å². The number of benzene rings is 3. The highest BCUT2D eigenvalue weighted by molar-refractivity contribution is 6.06. The number of methoxy groups -OCH3 is 2. The summed E-state index contributed by atoms with van der Waals surface area (Å²) in [6, 6.07) is 13.2. The minimum Gasteiger partial charge on any atom is -0.507 e. The number of phenolic OH excluding ortho intramolecular Hbond substituents is 1. The Morgan fingerprint density at radius 1 is 0.920 bits per heavy atom. The zero-order valence-corrected chi connectivity index (χ0v) is 14.5. The molecule has 1 aliphatic carbocycles. The Kier molecular flexibility index (Phi) is 3.41. The summed E-state index contributed by atoms with van der Waals surface area (Å²) in [5.41, 5.74) is 2.42. The van der Waals surface area contributed by atoms with Gasteiger partial charge in [-0.3, -0.25) is 0 Å². The molecular weight excluding hydrogens is 316 g/mol. The van der Waals surface area contributed by atoms with E-state index in [1.807, 2.05) is 37.3 Å². The summed E-state index contributed by atoms with van der Waals surface area (Å²) in [6.45, 7) is 1.95. The zero-order valence-electron chi connectivity index (χ0n) is 14.5. The summed E-state index contributed by atoms with van der Waals surface area (Å²) in [6.07, 6.45) is 0.523. The summed E-state index contributed by atoms with van der Waals surface area (Å²) < 4.78 is 10.8. The fraction of sp³-hybridized carbons (Fsp3) is 0.238. The van der Waals surface area contributed by atoms with Crippen LogP contribution < -0.4 is 9.47 Å². The first kappa shape index (κ1) is 15.8. The van der Waals surface area contributed by atoms with Crippen LogP contribution in [0.1, 0.15) is 24.5 Å². The highest BCUT2D eigenvalue weighted by atomic mass is 16.5. The predicted octanol–water partition coefficient (Wildman–Crippen LogP) is 4.19. The minimum atomic E-state index is -1.11. The Morgan fingerprint density at radius 3 is 2.20 bits per heavy atom. The molecule has 2 N–H and O–H groups in total. The van der Waals surface area contributed by atoms with Crippen molar-refractivity contribution in [3.8, 4) is 28.4 Å². The molecule has 1 atom stereocenters. The molecule has 0 radical (unpaired) electrons. The maximum atomic E-state index is 11.3. The molecule has 4 heteroatoms. The Labute approximate surface area is 146 Å². The molecule has 3 aromatic rings. The van der Waals surface area contributed by atoms with Crippen molar-refractivity contribution < 1.29 is 19.7 Å². The van der Waals surface area contributed by atoms with Gasteiger partial charge in [-0.05, 0) is 46.7 Å². The van der Waals surface area contributed by atoms with Gasteiger partial charge in [0.15, 0.2) is 11.5 Å². The molecule has 128 valence electrons. The van der Waals surface area contributed by atoms with Gasteiger partial charge in [-0.15, -0.1) is 0 Å². The Bertz CT molecular complexity index is 993. The van der Waals surface area contributed by atoms with Crippen LogP contribution in [-0.2, 0) is 5.60 Å². The molecule has 0 aromatic heterocycles. The second kappa shape index (κ2) is 5.39. The van der Waals surface area contributed by atoms with Crippen LogP contribution in [0.2, 0.25) is 0 Å². The average molecular weight is 336 g/mol. The Balaban J connectivity index is 2.18. The number of aromatic hydroxyl groups is 1. The van der Waals surface area contributed by atoms with E-state index in [1.54, 1.807) is 26.4 Å². The van der Waals surface area contributed by atoms with E-state index in [2.05, 4.69) is 0 Å². The number of ether oxygens (including phenoxy) is 2. The van der Waals surface area contributed by atoms with Crippen molar-refractivity contribution in [2.24, 2.45) is 0 Å². The van der Waals surface area contributed by atoms with Gasteiger partial charge in [0.25, 0.3) is 0 Å². The first-order chi connectivity index (χ1) is 12.0. The van der Waals surface area contributed by atoms with E-state index in [-0.39, 0.29) is 5.75 Å². The fourth-order valence-electron chi connectivity index (χ4n) is 3.93. The monoisotopic (exact) mass is 336 g/mol. The van der Waals surface area contributed by atoms with Gasteiger partial charge in [0.2, 0.25) is 0 Å². The van der Waals surface area contributed by atoms with Crippen LogP contribution in [0.3, 0.4) is 0 Å². The van der Waals surface area contributed by atoms with Crippen LogP contribution in [0.25, 0.3) is 21.9 Å². The Morgan fingerprint density at radius 2 is 1.56 bits per heavy atom. The lowest BCUT2D eigenvalue weighted by Gasteiger charge is -2.24. The first-order valence-electron chi connectivity index (χ1n) is 8.29. The molecule has 4 rings (SSSR count). The lowest BCUT2D eigenvalue weighted by molar-refractivity contribution is 0.0812. The van der Waals surface area contributed by atoms with Crippen LogP contribution in [-0.4, -0.2) is 24.4 Å². The zero-order chi connectivity index (χ0) is 17.8. The van der Waals surface area contributed by atoms with Gasteiger partial charge < -0.3 is 19.7 Å². The average Bonchev–Trinajstić information content (AvgIpc) is 2.90. The van der Waals surface area contributed by atoms with E-state index in [0.29, 0.717) is 23.3 Å². The molecule has 1 unspecified atom stereocenters. The number of aliphatic hydroxyl groups is 1. The lowest BCUT2D eigenvalue weighted by atomic mass is 9.88. The molecule has 0 amide bonds. The number of phenols is 1. The van der Waals surface area contributed by atoms with Crippen molar-refractivity contribution in [2.75, 3.05) is 14.2 Å². The molecule has 0 saturated heterocycles. The minimum absolute atomic E-state index is 0.120. The summed E-state index contributed by atoms with van der Waals surface area (Å²) in [5.74, 6) is 1.27. The largest absolute Gasteiger partial charge is 0.507 e. The Hall–Kier alpha value is -2.72. The highest BCUT2D eigenvalue weighted by Gasteiger charge is 2.41. The van der Waals surface area contributed by atoms with Gasteiger partial charge in [0.05, 0.1) is 14.2 Å². The van der Waals surface area contributed by atoms with E-state index < -0.39 is 5.60 Å². The molecular formula is C21H20O4. The van der Waals surface area contributed by atoms with Crippen molar-refractivity contribution in [3.63, 3.8) is 0 Å². The molecule has 4 nitrogen and oxygen atoms in total. The van der Waals surface area contributed by atoms with E-state index in [9.17, 15) is 10.2 Å². The molecule has 0 spiro atoms. The molecule has 0 aliphatic heterocycles. The van der Waals surface area contributed by atoms with E-state index in [1.165, 1.54) is 0 Å². The second-order valence-corrected chi connectivity index (χ2v) is 6.33. The maximum Gasteiger partial charge on any atom is 0.161 e. The van der Waals surface area contributed by atoms with Crippen LogP contribution in [0.5, 0.6) is 17.2 Å². The topological polar surface area (TPSA) is 58.9 Å². The number of hydrogen-bond acceptors (Lipinski definition) is 4. The van der Waals surface area contributed by atoms with Gasteiger partial charge >= 0.3 is 0 Å². The second-order valence-electron chi connectivity index (χ2n) is 6.33.